The van der Waals surface area contributed by atoms with Crippen LogP contribution in [0.4, 0.5) is 0 Å². The fraction of sp³-hybridized carbons (Fsp3) is 0.645. The zero-order valence-electron chi connectivity index (χ0n) is 21.7. The lowest BCUT2D eigenvalue weighted by molar-refractivity contribution is 0.223. The predicted octanol–water partition coefficient (Wildman–Crippen LogP) is 9.18. The zero-order valence-corrected chi connectivity index (χ0v) is 21.7. The molecule has 0 bridgehead atoms. The van der Waals surface area contributed by atoms with E-state index in [1.807, 2.05) is 12.4 Å². The van der Waals surface area contributed by atoms with Gasteiger partial charge in [0.05, 0.1) is 11.5 Å². The first-order valence-electron chi connectivity index (χ1n) is 14.0. The number of aromatic nitrogens is 2. The molecule has 1 saturated carbocycles. The van der Waals surface area contributed by atoms with Gasteiger partial charge in [-0.05, 0) is 62.0 Å². The molecule has 0 N–H and O–H groups in total. The Hall–Kier alpha value is -2.21. The molecule has 184 valence electrons. The van der Waals surface area contributed by atoms with Crippen molar-refractivity contribution in [1.82, 2.24) is 9.97 Å². The second-order valence-electron chi connectivity index (χ2n) is 10.5. The summed E-state index contributed by atoms with van der Waals surface area (Å²) in [6.45, 7) is 4.50. The lowest BCUT2D eigenvalue weighted by Crippen LogP contribution is -2.25. The average molecular weight is 460 g/mol. The Balaban J connectivity index is 1.46. The first-order valence-corrected chi connectivity index (χ1v) is 14.0. The summed E-state index contributed by atoms with van der Waals surface area (Å²) in [5, 5.41) is 9.82. The SMILES string of the molecule is CCCCCCCCCc1cnc(-c2ccc(C3CCC(C#N)(CCCCC)CC3)cc2)nc1. The molecule has 0 amide bonds. The Morgan fingerprint density at radius 3 is 2.03 bits per heavy atom. The van der Waals surface area contributed by atoms with E-state index >= 15 is 0 Å². The summed E-state index contributed by atoms with van der Waals surface area (Å²) in [6, 6.07) is 11.6. The molecule has 0 spiro atoms. The molecule has 1 aliphatic carbocycles. The Morgan fingerprint density at radius 2 is 1.41 bits per heavy atom. The lowest BCUT2D eigenvalue weighted by Gasteiger charge is -2.35. The van der Waals surface area contributed by atoms with Crippen LogP contribution in [-0.4, -0.2) is 9.97 Å². The highest BCUT2D eigenvalue weighted by Gasteiger charge is 2.35. The van der Waals surface area contributed by atoms with Crippen LogP contribution in [0, 0.1) is 16.7 Å². The van der Waals surface area contributed by atoms with Gasteiger partial charge in [0.1, 0.15) is 0 Å². The van der Waals surface area contributed by atoms with Crippen LogP contribution >= 0.6 is 0 Å². The maximum absolute atomic E-state index is 9.82. The van der Waals surface area contributed by atoms with Crippen molar-refractivity contribution < 1.29 is 0 Å². The van der Waals surface area contributed by atoms with Crippen molar-refractivity contribution >= 4 is 0 Å². The quantitative estimate of drug-likeness (QED) is 0.264. The summed E-state index contributed by atoms with van der Waals surface area (Å²) < 4.78 is 0. The third-order valence-corrected chi connectivity index (χ3v) is 7.85. The fourth-order valence-corrected chi connectivity index (χ4v) is 5.46. The van der Waals surface area contributed by atoms with Gasteiger partial charge in [-0.3, -0.25) is 0 Å². The minimum atomic E-state index is -0.0732. The number of benzene rings is 1. The van der Waals surface area contributed by atoms with E-state index in [4.69, 9.17) is 0 Å². The molecule has 3 rings (SSSR count). The molecule has 1 fully saturated rings. The van der Waals surface area contributed by atoms with Gasteiger partial charge in [-0.15, -0.1) is 0 Å². The van der Waals surface area contributed by atoms with Crippen LogP contribution in [0.15, 0.2) is 36.7 Å². The van der Waals surface area contributed by atoms with Crippen molar-refractivity contribution in [1.29, 1.82) is 5.26 Å². The van der Waals surface area contributed by atoms with E-state index in [1.54, 1.807) is 0 Å². The molecular weight excluding hydrogens is 414 g/mol. The summed E-state index contributed by atoms with van der Waals surface area (Å²) in [4.78, 5) is 9.30. The summed E-state index contributed by atoms with van der Waals surface area (Å²) in [5.41, 5.74) is 3.67. The molecule has 1 aromatic heterocycles. The molecule has 0 atom stereocenters. The van der Waals surface area contributed by atoms with Gasteiger partial charge in [0, 0.05) is 18.0 Å². The van der Waals surface area contributed by atoms with Crippen molar-refractivity contribution in [2.75, 3.05) is 0 Å². The van der Waals surface area contributed by atoms with E-state index in [-0.39, 0.29) is 5.41 Å². The maximum atomic E-state index is 9.82. The Bertz CT molecular complexity index is 855. The van der Waals surface area contributed by atoms with Gasteiger partial charge >= 0.3 is 0 Å². The highest BCUT2D eigenvalue weighted by Crippen LogP contribution is 2.45. The molecule has 1 aliphatic rings. The van der Waals surface area contributed by atoms with Gasteiger partial charge < -0.3 is 0 Å². The third kappa shape index (κ3) is 7.93. The molecule has 3 heteroatoms. The number of nitriles is 1. The number of aryl methyl sites for hydroxylation is 1. The van der Waals surface area contributed by atoms with Gasteiger partial charge in [0.2, 0.25) is 0 Å². The third-order valence-electron chi connectivity index (χ3n) is 7.85. The molecule has 1 heterocycles. The Kier molecular flexibility index (Phi) is 11.1. The summed E-state index contributed by atoms with van der Waals surface area (Å²) in [5.74, 6) is 1.39. The Labute approximate surface area is 208 Å². The maximum Gasteiger partial charge on any atom is 0.159 e. The van der Waals surface area contributed by atoms with E-state index in [9.17, 15) is 5.26 Å². The summed E-state index contributed by atoms with van der Waals surface area (Å²) in [7, 11) is 0. The largest absolute Gasteiger partial charge is 0.236 e. The molecule has 0 saturated heterocycles. The van der Waals surface area contributed by atoms with E-state index in [0.29, 0.717) is 5.92 Å². The second-order valence-corrected chi connectivity index (χ2v) is 10.5. The Morgan fingerprint density at radius 1 is 0.824 bits per heavy atom. The molecular formula is C31H45N3. The predicted molar refractivity (Wildman–Crippen MR) is 143 cm³/mol. The van der Waals surface area contributed by atoms with Gasteiger partial charge in [-0.25, -0.2) is 9.97 Å². The van der Waals surface area contributed by atoms with Gasteiger partial charge in [0.25, 0.3) is 0 Å². The van der Waals surface area contributed by atoms with Crippen molar-refractivity contribution in [3.63, 3.8) is 0 Å². The monoisotopic (exact) mass is 459 g/mol. The smallest absolute Gasteiger partial charge is 0.159 e. The standard InChI is InChI=1S/C31H45N3/c1-3-5-7-8-9-10-11-13-26-23-33-30(34-24-26)29-16-14-27(15-17-29)28-18-21-31(25-32,22-19-28)20-12-6-4-2/h14-17,23-24,28H,3-13,18-22H2,1-2H3. The fourth-order valence-electron chi connectivity index (χ4n) is 5.46. The van der Waals surface area contributed by atoms with E-state index in [2.05, 4.69) is 54.2 Å². The molecule has 1 aromatic carbocycles. The van der Waals surface area contributed by atoms with Gasteiger partial charge in [-0.2, -0.15) is 5.26 Å². The van der Waals surface area contributed by atoms with Crippen LogP contribution in [0.25, 0.3) is 11.4 Å². The highest BCUT2D eigenvalue weighted by molar-refractivity contribution is 5.55. The summed E-state index contributed by atoms with van der Waals surface area (Å²) >= 11 is 0. The van der Waals surface area contributed by atoms with E-state index in [1.165, 1.54) is 75.3 Å². The average Bonchev–Trinajstić information content (AvgIpc) is 2.89. The summed E-state index contributed by atoms with van der Waals surface area (Å²) in [6.07, 6.45) is 23.5. The first kappa shape index (κ1) is 26.4. The number of hydrogen-bond acceptors (Lipinski definition) is 3. The van der Waals surface area contributed by atoms with Crippen molar-refractivity contribution in [3.05, 3.63) is 47.8 Å². The van der Waals surface area contributed by atoms with Crippen LogP contribution in [0.2, 0.25) is 0 Å². The topological polar surface area (TPSA) is 49.6 Å². The molecule has 0 unspecified atom stereocenters. The van der Waals surface area contributed by atoms with Crippen LogP contribution in [0.3, 0.4) is 0 Å². The lowest BCUT2D eigenvalue weighted by atomic mass is 9.67. The van der Waals surface area contributed by atoms with E-state index in [0.717, 1.165) is 49.9 Å². The molecule has 2 aromatic rings. The van der Waals surface area contributed by atoms with Crippen molar-refractivity contribution in [2.24, 2.45) is 5.41 Å². The number of nitrogens with zero attached hydrogens (tertiary/aromatic N) is 3. The molecule has 3 nitrogen and oxygen atoms in total. The second kappa shape index (κ2) is 14.2. The van der Waals surface area contributed by atoms with Crippen LogP contribution in [0.1, 0.15) is 127 Å². The molecule has 0 radical (unpaired) electrons. The normalized spacial score (nSPS) is 20.2. The van der Waals surface area contributed by atoms with Crippen LogP contribution < -0.4 is 0 Å². The number of hydrogen-bond donors (Lipinski definition) is 0. The van der Waals surface area contributed by atoms with Gasteiger partial charge in [-0.1, -0.05) is 95.9 Å². The first-order chi connectivity index (χ1) is 16.7. The van der Waals surface area contributed by atoms with E-state index < -0.39 is 0 Å². The van der Waals surface area contributed by atoms with Crippen LogP contribution in [0.5, 0.6) is 0 Å². The molecule has 34 heavy (non-hydrogen) atoms. The highest BCUT2D eigenvalue weighted by atomic mass is 14.9. The van der Waals surface area contributed by atoms with Gasteiger partial charge in [0.15, 0.2) is 5.82 Å². The van der Waals surface area contributed by atoms with Crippen molar-refractivity contribution in [3.8, 4) is 17.5 Å². The zero-order chi connectivity index (χ0) is 24.1. The number of rotatable bonds is 14. The minimum absolute atomic E-state index is 0.0732. The van der Waals surface area contributed by atoms with Crippen LogP contribution in [-0.2, 0) is 6.42 Å². The molecule has 0 aliphatic heterocycles. The van der Waals surface area contributed by atoms with Crippen molar-refractivity contribution in [2.45, 2.75) is 122 Å². The minimum Gasteiger partial charge on any atom is -0.236 e. The number of unbranched alkanes of at least 4 members (excludes halogenated alkanes) is 8.